The molecule has 1 aliphatic heterocycles. The van der Waals surface area contributed by atoms with Crippen LogP contribution < -0.4 is 0 Å². The number of carbonyl (C=O) groups is 2. The fraction of sp³-hybridized carbons (Fsp3) is 0.643. The number of hydrogen-bond donors (Lipinski definition) is 0. The highest BCUT2D eigenvalue weighted by Gasteiger charge is 2.19. The molecule has 1 aromatic rings. The Bertz CT molecular complexity index is 469. The van der Waals surface area contributed by atoms with E-state index in [-0.39, 0.29) is 25.0 Å². The first kappa shape index (κ1) is 14.6. The normalized spacial score (nSPS) is 16.6. The monoisotopic (exact) mass is 280 g/mol. The second kappa shape index (κ2) is 7.07. The maximum atomic E-state index is 11.9. The van der Waals surface area contributed by atoms with Gasteiger partial charge >= 0.3 is 5.97 Å². The second-order valence-corrected chi connectivity index (χ2v) is 5.05. The highest BCUT2D eigenvalue weighted by Crippen LogP contribution is 2.12. The molecule has 0 unspecified atom stereocenters. The number of aromatic nitrogens is 1. The van der Waals surface area contributed by atoms with Crippen LogP contribution in [0.2, 0.25) is 0 Å². The maximum Gasteiger partial charge on any atom is 0.325 e. The van der Waals surface area contributed by atoms with Gasteiger partial charge in [0.1, 0.15) is 18.9 Å². The number of esters is 1. The van der Waals surface area contributed by atoms with E-state index in [1.165, 1.54) is 6.20 Å². The topological polar surface area (TPSA) is 72.6 Å². The Hall–Kier alpha value is -1.85. The lowest BCUT2D eigenvalue weighted by Gasteiger charge is -2.23. The largest absolute Gasteiger partial charge is 0.459 e. The molecule has 0 bridgehead atoms. The van der Waals surface area contributed by atoms with Crippen LogP contribution in [-0.2, 0) is 20.9 Å². The molecule has 0 N–H and O–H groups in total. The summed E-state index contributed by atoms with van der Waals surface area (Å²) in [5, 5.41) is 3.62. The van der Waals surface area contributed by atoms with Crippen molar-refractivity contribution in [3.05, 3.63) is 17.5 Å². The average molecular weight is 280 g/mol. The SMILES string of the molecule is Cc1oncc1COC(=O)CN1CCCCCCC1=O. The van der Waals surface area contributed by atoms with Crippen LogP contribution in [0.3, 0.4) is 0 Å². The molecule has 1 fully saturated rings. The number of nitrogens with zero attached hydrogens (tertiary/aromatic N) is 2. The number of carbonyl (C=O) groups excluding carboxylic acids is 2. The zero-order valence-corrected chi connectivity index (χ0v) is 11.8. The third kappa shape index (κ3) is 4.08. The van der Waals surface area contributed by atoms with Gasteiger partial charge in [-0.3, -0.25) is 9.59 Å². The minimum Gasteiger partial charge on any atom is -0.459 e. The van der Waals surface area contributed by atoms with E-state index in [1.54, 1.807) is 11.8 Å². The zero-order valence-electron chi connectivity index (χ0n) is 11.8. The number of hydrogen-bond acceptors (Lipinski definition) is 5. The number of likely N-dealkylation sites (tertiary alicyclic amines) is 1. The van der Waals surface area contributed by atoms with E-state index in [0.29, 0.717) is 18.7 Å². The van der Waals surface area contributed by atoms with Gasteiger partial charge in [0.15, 0.2) is 0 Å². The van der Waals surface area contributed by atoms with E-state index in [1.807, 2.05) is 0 Å². The predicted molar refractivity (Wildman–Crippen MR) is 70.7 cm³/mol. The van der Waals surface area contributed by atoms with E-state index in [2.05, 4.69) is 5.16 Å². The highest BCUT2D eigenvalue weighted by molar-refractivity contribution is 5.82. The van der Waals surface area contributed by atoms with Gasteiger partial charge in [-0.05, 0) is 19.8 Å². The van der Waals surface area contributed by atoms with Crippen molar-refractivity contribution in [1.29, 1.82) is 0 Å². The van der Waals surface area contributed by atoms with Crippen molar-refractivity contribution in [1.82, 2.24) is 10.1 Å². The molecule has 0 saturated carbocycles. The lowest BCUT2D eigenvalue weighted by atomic mass is 10.1. The number of amides is 1. The summed E-state index contributed by atoms with van der Waals surface area (Å²) in [7, 11) is 0. The van der Waals surface area contributed by atoms with Gasteiger partial charge in [0.05, 0.1) is 11.8 Å². The van der Waals surface area contributed by atoms with Crippen LogP contribution in [0.15, 0.2) is 10.7 Å². The molecule has 0 spiro atoms. The van der Waals surface area contributed by atoms with Crippen LogP contribution in [0.1, 0.15) is 43.4 Å². The van der Waals surface area contributed by atoms with E-state index in [0.717, 1.165) is 31.2 Å². The molecule has 1 amide bonds. The Kier molecular flexibility index (Phi) is 5.15. The van der Waals surface area contributed by atoms with Crippen LogP contribution in [0.25, 0.3) is 0 Å². The number of ether oxygens (including phenoxy) is 1. The van der Waals surface area contributed by atoms with Crippen molar-refractivity contribution in [2.75, 3.05) is 13.1 Å². The molecule has 20 heavy (non-hydrogen) atoms. The molecule has 0 aromatic carbocycles. The van der Waals surface area contributed by atoms with Gasteiger partial charge in [-0.2, -0.15) is 0 Å². The Balaban J connectivity index is 1.80. The Morgan fingerprint density at radius 2 is 2.20 bits per heavy atom. The van der Waals surface area contributed by atoms with Crippen LogP contribution in [0.4, 0.5) is 0 Å². The van der Waals surface area contributed by atoms with Crippen LogP contribution in [0.5, 0.6) is 0 Å². The van der Waals surface area contributed by atoms with Gasteiger partial charge in [-0.15, -0.1) is 0 Å². The first-order valence-electron chi connectivity index (χ1n) is 7.00. The van der Waals surface area contributed by atoms with E-state index < -0.39 is 0 Å². The molecule has 2 heterocycles. The lowest BCUT2D eigenvalue weighted by molar-refractivity contribution is -0.150. The smallest absolute Gasteiger partial charge is 0.325 e. The molecule has 1 aromatic heterocycles. The maximum absolute atomic E-state index is 11.9. The second-order valence-electron chi connectivity index (χ2n) is 5.05. The van der Waals surface area contributed by atoms with Gasteiger partial charge in [-0.25, -0.2) is 0 Å². The van der Waals surface area contributed by atoms with Crippen LogP contribution in [-0.4, -0.2) is 35.0 Å². The van der Waals surface area contributed by atoms with Crippen molar-refractivity contribution >= 4 is 11.9 Å². The number of aryl methyl sites for hydroxylation is 1. The minimum absolute atomic E-state index is 0.0309. The van der Waals surface area contributed by atoms with Crippen molar-refractivity contribution in [3.8, 4) is 0 Å². The van der Waals surface area contributed by atoms with E-state index in [4.69, 9.17) is 9.26 Å². The van der Waals surface area contributed by atoms with Crippen molar-refractivity contribution in [2.24, 2.45) is 0 Å². The van der Waals surface area contributed by atoms with E-state index in [9.17, 15) is 9.59 Å². The summed E-state index contributed by atoms with van der Waals surface area (Å²) in [6.45, 7) is 2.57. The fourth-order valence-corrected chi connectivity index (χ4v) is 2.20. The molecule has 0 atom stereocenters. The summed E-state index contributed by atoms with van der Waals surface area (Å²) in [5.74, 6) is 0.294. The highest BCUT2D eigenvalue weighted by atomic mass is 16.5. The summed E-state index contributed by atoms with van der Waals surface area (Å²) in [6.07, 6.45) is 6.12. The third-order valence-corrected chi connectivity index (χ3v) is 3.48. The summed E-state index contributed by atoms with van der Waals surface area (Å²) in [5.41, 5.74) is 0.748. The summed E-state index contributed by atoms with van der Waals surface area (Å²) >= 11 is 0. The van der Waals surface area contributed by atoms with Gasteiger partial charge in [0.25, 0.3) is 0 Å². The molecule has 6 nitrogen and oxygen atoms in total. The van der Waals surface area contributed by atoms with Crippen molar-refractivity contribution in [3.63, 3.8) is 0 Å². The predicted octanol–water partition coefficient (Wildman–Crippen LogP) is 1.82. The zero-order chi connectivity index (χ0) is 14.4. The molecule has 1 saturated heterocycles. The van der Waals surface area contributed by atoms with Crippen molar-refractivity contribution in [2.45, 2.75) is 45.6 Å². The molecule has 0 aliphatic carbocycles. The quantitative estimate of drug-likeness (QED) is 0.787. The summed E-state index contributed by atoms with van der Waals surface area (Å²) in [4.78, 5) is 25.3. The minimum atomic E-state index is -0.389. The van der Waals surface area contributed by atoms with Gasteiger partial charge in [-0.1, -0.05) is 18.0 Å². The average Bonchev–Trinajstić information content (AvgIpc) is 2.82. The Morgan fingerprint density at radius 3 is 2.95 bits per heavy atom. The summed E-state index contributed by atoms with van der Waals surface area (Å²) in [6, 6.07) is 0. The first-order valence-corrected chi connectivity index (χ1v) is 7.00. The molecule has 1 aliphatic rings. The van der Waals surface area contributed by atoms with E-state index >= 15 is 0 Å². The Labute approximate surface area is 118 Å². The Morgan fingerprint density at radius 1 is 1.40 bits per heavy atom. The van der Waals surface area contributed by atoms with Gasteiger partial charge in [0.2, 0.25) is 5.91 Å². The molecular weight excluding hydrogens is 260 g/mol. The molecule has 6 heteroatoms. The van der Waals surface area contributed by atoms with Gasteiger partial charge in [0, 0.05) is 13.0 Å². The lowest BCUT2D eigenvalue weighted by Crippen LogP contribution is -2.37. The van der Waals surface area contributed by atoms with Gasteiger partial charge < -0.3 is 14.2 Å². The fourth-order valence-electron chi connectivity index (χ4n) is 2.20. The third-order valence-electron chi connectivity index (χ3n) is 3.48. The molecule has 2 rings (SSSR count). The molecular formula is C14H20N2O4. The van der Waals surface area contributed by atoms with Crippen LogP contribution >= 0.6 is 0 Å². The van der Waals surface area contributed by atoms with Crippen molar-refractivity contribution < 1.29 is 18.8 Å². The molecule has 110 valence electrons. The summed E-state index contributed by atoms with van der Waals surface area (Å²) < 4.78 is 10.0. The van der Waals surface area contributed by atoms with Crippen LogP contribution in [0, 0.1) is 6.92 Å². The standard InChI is InChI=1S/C14H20N2O4/c1-11-12(8-15-20-11)10-19-14(18)9-16-7-5-3-2-4-6-13(16)17/h8H,2-7,9-10H2,1H3. The molecule has 0 radical (unpaired) electrons. The number of rotatable bonds is 4. The first-order chi connectivity index (χ1) is 9.66.